The van der Waals surface area contributed by atoms with Crippen molar-refractivity contribution < 1.29 is 0 Å². The lowest BCUT2D eigenvalue weighted by Gasteiger charge is -2.40. The molecule has 2 rings (SSSR count). The van der Waals surface area contributed by atoms with Crippen LogP contribution in [0.15, 0.2) is 0 Å². The van der Waals surface area contributed by atoms with Gasteiger partial charge in [0.15, 0.2) is 0 Å². The average Bonchev–Trinajstić information content (AvgIpc) is 2.80. The Bertz CT molecular complexity index is 211. The van der Waals surface area contributed by atoms with Crippen molar-refractivity contribution >= 4 is 0 Å². The maximum Gasteiger partial charge on any atom is 0.0191 e. The molecule has 1 heterocycles. The molecule has 0 aromatic carbocycles. The highest BCUT2D eigenvalue weighted by atomic mass is 15.2. The Balaban J connectivity index is 1.74. The van der Waals surface area contributed by atoms with E-state index in [-0.39, 0.29) is 0 Å². The van der Waals surface area contributed by atoms with E-state index in [9.17, 15) is 0 Å². The molecule has 2 nitrogen and oxygen atoms in total. The third-order valence-corrected chi connectivity index (χ3v) is 5.10. The van der Waals surface area contributed by atoms with Crippen molar-refractivity contribution in [3.05, 3.63) is 0 Å². The molecule has 1 saturated heterocycles. The van der Waals surface area contributed by atoms with Crippen LogP contribution in [0.5, 0.6) is 0 Å². The van der Waals surface area contributed by atoms with Gasteiger partial charge in [-0.3, -0.25) is 0 Å². The van der Waals surface area contributed by atoms with E-state index >= 15 is 0 Å². The van der Waals surface area contributed by atoms with Crippen LogP contribution in [0.1, 0.15) is 58.3 Å². The Kier molecular flexibility index (Phi) is 4.87. The van der Waals surface area contributed by atoms with E-state index in [0.717, 1.165) is 5.41 Å². The first-order chi connectivity index (χ1) is 8.28. The van der Waals surface area contributed by atoms with Crippen molar-refractivity contribution in [1.29, 1.82) is 0 Å². The van der Waals surface area contributed by atoms with Crippen LogP contribution in [0.2, 0.25) is 0 Å². The van der Waals surface area contributed by atoms with Gasteiger partial charge in [-0.25, -0.2) is 0 Å². The summed E-state index contributed by atoms with van der Waals surface area (Å²) in [5, 5.41) is 3.47. The van der Waals surface area contributed by atoms with Crippen molar-refractivity contribution in [1.82, 2.24) is 10.2 Å². The SMILES string of the molecule is CCCC(CN1CCC2(CCCC2)CC1)NC. The smallest absolute Gasteiger partial charge is 0.0191 e. The zero-order valence-corrected chi connectivity index (χ0v) is 11.8. The topological polar surface area (TPSA) is 15.3 Å². The van der Waals surface area contributed by atoms with E-state index in [1.54, 1.807) is 0 Å². The number of likely N-dealkylation sites (tertiary alicyclic amines) is 1. The van der Waals surface area contributed by atoms with Gasteiger partial charge in [0.1, 0.15) is 0 Å². The van der Waals surface area contributed by atoms with Crippen molar-refractivity contribution in [3.63, 3.8) is 0 Å². The summed E-state index contributed by atoms with van der Waals surface area (Å²) in [5.41, 5.74) is 0.774. The van der Waals surface area contributed by atoms with E-state index in [0.29, 0.717) is 6.04 Å². The van der Waals surface area contributed by atoms with Gasteiger partial charge < -0.3 is 10.2 Å². The standard InChI is InChI=1S/C15H30N2/c1-3-6-14(16-2)13-17-11-9-15(10-12-17)7-4-5-8-15/h14,16H,3-13H2,1-2H3. The summed E-state index contributed by atoms with van der Waals surface area (Å²) >= 11 is 0. The molecule has 1 unspecified atom stereocenters. The fourth-order valence-electron chi connectivity index (χ4n) is 3.82. The van der Waals surface area contributed by atoms with Gasteiger partial charge >= 0.3 is 0 Å². The summed E-state index contributed by atoms with van der Waals surface area (Å²) in [6.07, 6.45) is 11.6. The molecule has 2 heteroatoms. The van der Waals surface area contributed by atoms with Gasteiger partial charge in [0.05, 0.1) is 0 Å². The predicted octanol–water partition coefficient (Wildman–Crippen LogP) is 3.03. The number of nitrogens with zero attached hydrogens (tertiary/aromatic N) is 1. The molecule has 0 radical (unpaired) electrons. The van der Waals surface area contributed by atoms with Crippen LogP contribution in [-0.4, -0.2) is 37.6 Å². The first kappa shape index (κ1) is 13.4. The molecule has 1 aliphatic carbocycles. The number of likely N-dealkylation sites (N-methyl/N-ethyl adjacent to an activating group) is 1. The van der Waals surface area contributed by atoms with Gasteiger partial charge in [-0.2, -0.15) is 0 Å². The van der Waals surface area contributed by atoms with Crippen molar-refractivity contribution in [2.24, 2.45) is 5.41 Å². The van der Waals surface area contributed by atoms with Gasteiger partial charge in [0, 0.05) is 12.6 Å². The van der Waals surface area contributed by atoms with E-state index in [2.05, 4.69) is 24.2 Å². The summed E-state index contributed by atoms with van der Waals surface area (Å²) in [7, 11) is 2.11. The lowest BCUT2D eigenvalue weighted by molar-refractivity contribution is 0.100. The molecule has 0 bridgehead atoms. The van der Waals surface area contributed by atoms with Gasteiger partial charge in [0.25, 0.3) is 0 Å². The minimum Gasteiger partial charge on any atom is -0.316 e. The second-order valence-corrected chi connectivity index (χ2v) is 6.28. The van der Waals surface area contributed by atoms with E-state index in [1.165, 1.54) is 71.0 Å². The van der Waals surface area contributed by atoms with Gasteiger partial charge in [-0.05, 0) is 57.7 Å². The van der Waals surface area contributed by atoms with E-state index in [1.807, 2.05) is 0 Å². The molecule has 1 aliphatic heterocycles. The Morgan fingerprint density at radius 1 is 1.12 bits per heavy atom. The number of hydrogen-bond acceptors (Lipinski definition) is 2. The van der Waals surface area contributed by atoms with Crippen molar-refractivity contribution in [2.45, 2.75) is 64.3 Å². The molecule has 100 valence electrons. The summed E-state index contributed by atoms with van der Waals surface area (Å²) < 4.78 is 0. The van der Waals surface area contributed by atoms with Crippen LogP contribution >= 0.6 is 0 Å². The van der Waals surface area contributed by atoms with E-state index < -0.39 is 0 Å². The zero-order chi connectivity index (χ0) is 12.1. The van der Waals surface area contributed by atoms with Gasteiger partial charge in [0.2, 0.25) is 0 Å². The zero-order valence-electron chi connectivity index (χ0n) is 11.8. The largest absolute Gasteiger partial charge is 0.316 e. The van der Waals surface area contributed by atoms with E-state index in [4.69, 9.17) is 0 Å². The normalized spacial score (nSPS) is 26.5. The lowest BCUT2D eigenvalue weighted by Crippen LogP contribution is -2.45. The number of nitrogens with one attached hydrogen (secondary N) is 1. The first-order valence-corrected chi connectivity index (χ1v) is 7.68. The fraction of sp³-hybridized carbons (Fsp3) is 1.00. The summed E-state index contributed by atoms with van der Waals surface area (Å²) in [6, 6.07) is 0.706. The minimum atomic E-state index is 0.706. The van der Waals surface area contributed by atoms with Gasteiger partial charge in [-0.15, -0.1) is 0 Å². The Hall–Kier alpha value is -0.0800. The monoisotopic (exact) mass is 238 g/mol. The molecule has 2 aliphatic rings. The molecule has 2 fully saturated rings. The summed E-state index contributed by atoms with van der Waals surface area (Å²) in [4.78, 5) is 2.69. The highest BCUT2D eigenvalue weighted by molar-refractivity contribution is 4.90. The Morgan fingerprint density at radius 3 is 2.29 bits per heavy atom. The second-order valence-electron chi connectivity index (χ2n) is 6.28. The van der Waals surface area contributed by atoms with Crippen LogP contribution in [0, 0.1) is 5.41 Å². The predicted molar refractivity (Wildman–Crippen MR) is 74.3 cm³/mol. The first-order valence-electron chi connectivity index (χ1n) is 7.68. The maximum atomic E-state index is 3.47. The van der Waals surface area contributed by atoms with Crippen molar-refractivity contribution in [2.75, 3.05) is 26.7 Å². The second kappa shape index (κ2) is 6.19. The highest BCUT2D eigenvalue weighted by Gasteiger charge is 2.36. The molecule has 0 aromatic rings. The summed E-state index contributed by atoms with van der Waals surface area (Å²) in [5.74, 6) is 0. The van der Waals surface area contributed by atoms with Crippen molar-refractivity contribution in [3.8, 4) is 0 Å². The number of rotatable bonds is 5. The van der Waals surface area contributed by atoms with Crippen LogP contribution in [0.3, 0.4) is 0 Å². The molecular formula is C15H30N2. The average molecular weight is 238 g/mol. The van der Waals surface area contributed by atoms with Crippen LogP contribution < -0.4 is 5.32 Å². The van der Waals surface area contributed by atoms with Crippen LogP contribution in [-0.2, 0) is 0 Å². The molecule has 0 aromatic heterocycles. The number of piperidine rings is 1. The highest BCUT2D eigenvalue weighted by Crippen LogP contribution is 2.46. The number of hydrogen-bond donors (Lipinski definition) is 1. The minimum absolute atomic E-state index is 0.706. The molecular weight excluding hydrogens is 208 g/mol. The summed E-state index contributed by atoms with van der Waals surface area (Å²) in [6.45, 7) is 6.25. The Morgan fingerprint density at radius 2 is 1.76 bits per heavy atom. The van der Waals surface area contributed by atoms with Crippen LogP contribution in [0.4, 0.5) is 0 Å². The molecule has 1 saturated carbocycles. The molecule has 0 amide bonds. The third-order valence-electron chi connectivity index (χ3n) is 5.10. The molecule has 1 atom stereocenters. The fourth-order valence-corrected chi connectivity index (χ4v) is 3.82. The maximum absolute atomic E-state index is 3.47. The molecule has 17 heavy (non-hydrogen) atoms. The quantitative estimate of drug-likeness (QED) is 0.792. The van der Waals surface area contributed by atoms with Gasteiger partial charge in [-0.1, -0.05) is 26.2 Å². The third kappa shape index (κ3) is 3.45. The molecule has 1 N–H and O–H groups in total. The van der Waals surface area contributed by atoms with Crippen LogP contribution in [0.25, 0.3) is 0 Å². The Labute approximate surface area is 107 Å². The lowest BCUT2D eigenvalue weighted by atomic mass is 9.77. The molecule has 1 spiro atoms.